The molecule has 0 spiro atoms. The molecule has 0 atom stereocenters. The molecule has 2 rings (SSSR count). The van der Waals surface area contributed by atoms with Gasteiger partial charge in [0.1, 0.15) is 11.9 Å². The second-order valence-corrected chi connectivity index (χ2v) is 2.96. The summed E-state index contributed by atoms with van der Waals surface area (Å²) < 4.78 is 14.5. The van der Waals surface area contributed by atoms with Crippen LogP contribution in [0.1, 0.15) is 5.69 Å². The van der Waals surface area contributed by atoms with Crippen molar-refractivity contribution in [2.24, 2.45) is 0 Å². The lowest BCUT2D eigenvalue weighted by Gasteiger charge is -2.02. The van der Waals surface area contributed by atoms with Crippen LogP contribution in [-0.4, -0.2) is 9.78 Å². The van der Waals surface area contributed by atoms with Crippen molar-refractivity contribution >= 4 is 5.69 Å². The Morgan fingerprint density at radius 1 is 1.40 bits per heavy atom. The first kappa shape index (κ1) is 9.21. The minimum atomic E-state index is -0.499. The minimum absolute atomic E-state index is 0.0893. The van der Waals surface area contributed by atoms with Crippen LogP contribution in [-0.2, 0) is 0 Å². The molecule has 0 saturated carbocycles. The van der Waals surface area contributed by atoms with E-state index in [2.05, 4.69) is 5.10 Å². The first-order valence-corrected chi connectivity index (χ1v) is 4.22. The Balaban J connectivity index is 2.46. The van der Waals surface area contributed by atoms with Crippen LogP contribution in [0.2, 0.25) is 0 Å². The van der Waals surface area contributed by atoms with Crippen molar-refractivity contribution in [3.63, 3.8) is 0 Å². The van der Waals surface area contributed by atoms with Gasteiger partial charge in [-0.25, -0.2) is 9.07 Å². The smallest absolute Gasteiger partial charge is 0.162 e. The highest BCUT2D eigenvalue weighted by molar-refractivity contribution is 5.46. The Morgan fingerprint density at radius 2 is 2.20 bits per heavy atom. The zero-order valence-electron chi connectivity index (χ0n) is 7.68. The fourth-order valence-electron chi connectivity index (χ4n) is 1.19. The van der Waals surface area contributed by atoms with E-state index < -0.39 is 5.82 Å². The second kappa shape index (κ2) is 3.42. The van der Waals surface area contributed by atoms with E-state index in [9.17, 15) is 4.39 Å². The summed E-state index contributed by atoms with van der Waals surface area (Å²) in [5, 5.41) is 12.5. The van der Waals surface area contributed by atoms with Crippen molar-refractivity contribution < 1.29 is 4.39 Å². The third-order valence-electron chi connectivity index (χ3n) is 1.95. The van der Waals surface area contributed by atoms with Crippen LogP contribution in [0.25, 0.3) is 5.69 Å². The topological polar surface area (TPSA) is 67.6 Å². The summed E-state index contributed by atoms with van der Waals surface area (Å²) in [6, 6.07) is 7.80. The third kappa shape index (κ3) is 1.65. The van der Waals surface area contributed by atoms with E-state index in [1.54, 1.807) is 18.3 Å². The minimum Gasteiger partial charge on any atom is -0.396 e. The van der Waals surface area contributed by atoms with E-state index in [1.807, 2.05) is 6.07 Å². The maximum Gasteiger partial charge on any atom is 0.162 e. The predicted molar refractivity (Wildman–Crippen MR) is 52.6 cm³/mol. The lowest BCUT2D eigenvalue weighted by atomic mass is 10.3. The van der Waals surface area contributed by atoms with E-state index in [0.717, 1.165) is 0 Å². The SMILES string of the molecule is N#Cc1ccn(-c2ccc(N)c(F)c2)n1. The van der Waals surface area contributed by atoms with Gasteiger partial charge in [-0.3, -0.25) is 0 Å². The molecule has 0 unspecified atom stereocenters. The van der Waals surface area contributed by atoms with Gasteiger partial charge in [-0.1, -0.05) is 0 Å². The van der Waals surface area contributed by atoms with Crippen LogP contribution >= 0.6 is 0 Å². The quantitative estimate of drug-likeness (QED) is 0.712. The second-order valence-electron chi connectivity index (χ2n) is 2.96. The fourth-order valence-corrected chi connectivity index (χ4v) is 1.19. The van der Waals surface area contributed by atoms with Gasteiger partial charge in [0.2, 0.25) is 0 Å². The standard InChI is InChI=1S/C10H7FN4/c11-9-5-8(1-2-10(9)13)15-4-3-7(6-12)14-15/h1-5H,13H2. The summed E-state index contributed by atoms with van der Waals surface area (Å²) >= 11 is 0. The molecule has 5 heteroatoms. The summed E-state index contributed by atoms with van der Waals surface area (Å²) in [5.41, 5.74) is 6.25. The molecule has 0 aliphatic heterocycles. The van der Waals surface area contributed by atoms with Crippen molar-refractivity contribution in [1.29, 1.82) is 5.26 Å². The molecular formula is C10H7FN4. The Kier molecular flexibility index (Phi) is 2.10. The van der Waals surface area contributed by atoms with Gasteiger partial charge < -0.3 is 5.73 Å². The van der Waals surface area contributed by atoms with Crippen LogP contribution in [0.4, 0.5) is 10.1 Å². The zero-order chi connectivity index (χ0) is 10.8. The Hall–Kier alpha value is -2.35. The average Bonchev–Trinajstić information content (AvgIpc) is 2.70. The number of rotatable bonds is 1. The Labute approximate surface area is 85.4 Å². The molecule has 15 heavy (non-hydrogen) atoms. The number of hydrogen-bond acceptors (Lipinski definition) is 3. The lowest BCUT2D eigenvalue weighted by Crippen LogP contribution is -1.98. The van der Waals surface area contributed by atoms with Gasteiger partial charge in [0.05, 0.1) is 11.4 Å². The molecular weight excluding hydrogens is 195 g/mol. The van der Waals surface area contributed by atoms with Crippen LogP contribution in [0, 0.1) is 17.1 Å². The molecule has 0 amide bonds. The zero-order valence-corrected chi connectivity index (χ0v) is 7.68. The van der Waals surface area contributed by atoms with Crippen molar-refractivity contribution in [2.75, 3.05) is 5.73 Å². The van der Waals surface area contributed by atoms with Gasteiger partial charge in [0, 0.05) is 12.3 Å². The molecule has 4 nitrogen and oxygen atoms in total. The van der Waals surface area contributed by atoms with Crippen molar-refractivity contribution in [3.05, 3.63) is 42.0 Å². The largest absolute Gasteiger partial charge is 0.396 e. The van der Waals surface area contributed by atoms with Crippen LogP contribution < -0.4 is 5.73 Å². The van der Waals surface area contributed by atoms with E-state index in [4.69, 9.17) is 11.0 Å². The van der Waals surface area contributed by atoms with E-state index in [0.29, 0.717) is 5.69 Å². The van der Waals surface area contributed by atoms with Crippen molar-refractivity contribution in [2.45, 2.75) is 0 Å². The van der Waals surface area contributed by atoms with Crippen LogP contribution in [0.3, 0.4) is 0 Å². The molecule has 1 aromatic carbocycles. The number of halogens is 1. The summed E-state index contributed by atoms with van der Waals surface area (Å²) in [7, 11) is 0. The van der Waals surface area contributed by atoms with Gasteiger partial charge in [0.15, 0.2) is 5.69 Å². The van der Waals surface area contributed by atoms with Gasteiger partial charge in [-0.15, -0.1) is 0 Å². The molecule has 0 aliphatic rings. The molecule has 1 aromatic heterocycles. The van der Waals surface area contributed by atoms with Crippen LogP contribution in [0.5, 0.6) is 0 Å². The maximum atomic E-state index is 13.1. The molecule has 0 saturated heterocycles. The van der Waals surface area contributed by atoms with Gasteiger partial charge in [0.25, 0.3) is 0 Å². The fraction of sp³-hybridized carbons (Fsp3) is 0. The average molecular weight is 202 g/mol. The predicted octanol–water partition coefficient (Wildman–Crippen LogP) is 1.47. The molecule has 0 fully saturated rings. The molecule has 2 aromatic rings. The summed E-state index contributed by atoms with van der Waals surface area (Å²) in [6.45, 7) is 0. The van der Waals surface area contributed by atoms with Gasteiger partial charge >= 0.3 is 0 Å². The molecule has 0 bridgehead atoms. The number of anilines is 1. The number of nitrogen functional groups attached to an aromatic ring is 1. The number of nitrogens with zero attached hydrogens (tertiary/aromatic N) is 3. The normalized spacial score (nSPS) is 9.87. The van der Waals surface area contributed by atoms with Crippen molar-refractivity contribution in [3.8, 4) is 11.8 Å². The van der Waals surface area contributed by atoms with E-state index in [-0.39, 0.29) is 11.4 Å². The highest BCUT2D eigenvalue weighted by Crippen LogP contribution is 2.15. The Bertz CT molecular complexity index is 539. The highest BCUT2D eigenvalue weighted by Gasteiger charge is 2.03. The molecule has 0 radical (unpaired) electrons. The number of hydrogen-bond donors (Lipinski definition) is 1. The molecule has 0 aliphatic carbocycles. The number of aromatic nitrogens is 2. The van der Waals surface area contributed by atoms with E-state index in [1.165, 1.54) is 16.8 Å². The lowest BCUT2D eigenvalue weighted by molar-refractivity contribution is 0.630. The summed E-state index contributed by atoms with van der Waals surface area (Å²) in [4.78, 5) is 0. The van der Waals surface area contributed by atoms with Crippen molar-refractivity contribution in [1.82, 2.24) is 9.78 Å². The van der Waals surface area contributed by atoms with E-state index >= 15 is 0 Å². The Morgan fingerprint density at radius 3 is 2.80 bits per heavy atom. The first-order valence-electron chi connectivity index (χ1n) is 4.22. The molecule has 74 valence electrons. The summed E-state index contributed by atoms with van der Waals surface area (Å²) in [5.74, 6) is -0.499. The molecule has 2 N–H and O–H groups in total. The monoisotopic (exact) mass is 202 g/mol. The molecule has 1 heterocycles. The van der Waals surface area contributed by atoms with Gasteiger partial charge in [-0.2, -0.15) is 10.4 Å². The third-order valence-corrected chi connectivity index (χ3v) is 1.95. The summed E-state index contributed by atoms with van der Waals surface area (Å²) in [6.07, 6.45) is 1.59. The highest BCUT2D eigenvalue weighted by atomic mass is 19.1. The van der Waals surface area contributed by atoms with Crippen LogP contribution in [0.15, 0.2) is 30.5 Å². The number of nitriles is 1. The van der Waals surface area contributed by atoms with Gasteiger partial charge in [-0.05, 0) is 18.2 Å². The number of benzene rings is 1. The first-order chi connectivity index (χ1) is 7.20. The number of nitrogens with two attached hydrogens (primary N) is 1. The maximum absolute atomic E-state index is 13.1.